The van der Waals surface area contributed by atoms with Crippen LogP contribution in [0.25, 0.3) is 10.9 Å². The molecule has 2 aromatic rings. The van der Waals surface area contributed by atoms with Crippen LogP contribution in [0.5, 0.6) is 0 Å². The smallest absolute Gasteiger partial charge is 0.219 e. The van der Waals surface area contributed by atoms with Gasteiger partial charge in [-0.1, -0.05) is 12.1 Å². The van der Waals surface area contributed by atoms with E-state index in [-0.39, 0.29) is 5.91 Å². The second kappa shape index (κ2) is 5.45. The minimum Gasteiger partial charge on any atom is -0.367 e. The van der Waals surface area contributed by atoms with E-state index in [0.717, 1.165) is 42.7 Å². The van der Waals surface area contributed by atoms with Gasteiger partial charge in [-0.15, -0.1) is 0 Å². The quantitative estimate of drug-likeness (QED) is 0.907. The number of nitrogens with one attached hydrogen (secondary N) is 1. The lowest BCUT2D eigenvalue weighted by Gasteiger charge is -2.32. The van der Waals surface area contributed by atoms with Gasteiger partial charge >= 0.3 is 0 Å². The summed E-state index contributed by atoms with van der Waals surface area (Å²) < 4.78 is 0. The summed E-state index contributed by atoms with van der Waals surface area (Å²) in [6.45, 7) is 3.26. The summed E-state index contributed by atoms with van der Waals surface area (Å²) >= 11 is 0. The monoisotopic (exact) mass is 270 g/mol. The molecule has 2 heterocycles. The van der Waals surface area contributed by atoms with Crippen LogP contribution >= 0.6 is 0 Å². The number of nitrogens with zero attached hydrogens (tertiary/aromatic N) is 3. The second-order valence-corrected chi connectivity index (χ2v) is 5.16. The van der Waals surface area contributed by atoms with Gasteiger partial charge < -0.3 is 10.2 Å². The number of carbonyl (C=O) groups excluding carboxylic acids is 1. The van der Waals surface area contributed by atoms with Crippen LogP contribution in [0.1, 0.15) is 19.8 Å². The molecule has 1 aromatic heterocycles. The number of hydrogen-bond donors (Lipinski definition) is 1. The molecule has 0 saturated carbocycles. The summed E-state index contributed by atoms with van der Waals surface area (Å²) in [5, 5.41) is 4.54. The van der Waals surface area contributed by atoms with Crippen LogP contribution in [0.15, 0.2) is 30.6 Å². The number of fused-ring (bicyclic) bond motifs is 1. The Balaban J connectivity index is 1.73. The summed E-state index contributed by atoms with van der Waals surface area (Å²) in [4.78, 5) is 21.8. The molecular weight excluding hydrogens is 252 g/mol. The van der Waals surface area contributed by atoms with Crippen molar-refractivity contribution in [2.24, 2.45) is 0 Å². The minimum atomic E-state index is 0.163. The van der Waals surface area contributed by atoms with Crippen LogP contribution in [0.3, 0.4) is 0 Å². The first-order valence-corrected chi connectivity index (χ1v) is 6.96. The number of benzene rings is 1. The Morgan fingerprint density at radius 3 is 2.75 bits per heavy atom. The summed E-state index contributed by atoms with van der Waals surface area (Å²) in [5.74, 6) is 1.05. The summed E-state index contributed by atoms with van der Waals surface area (Å²) in [6.07, 6.45) is 3.51. The summed E-state index contributed by atoms with van der Waals surface area (Å²) in [6, 6.07) is 8.35. The van der Waals surface area contributed by atoms with Crippen molar-refractivity contribution in [3.63, 3.8) is 0 Å². The van der Waals surface area contributed by atoms with Crippen molar-refractivity contribution in [2.75, 3.05) is 18.4 Å². The molecular formula is C15H18N4O. The standard InChI is InChI=1S/C15H18N4O/c1-11(20)19-8-6-12(7-9-19)18-15-13-4-2-3-5-14(13)16-10-17-15/h2-5,10,12H,6-9H2,1H3,(H,16,17,18). The Morgan fingerprint density at radius 2 is 2.00 bits per heavy atom. The maximum absolute atomic E-state index is 11.3. The van der Waals surface area contributed by atoms with Gasteiger partial charge in [-0.3, -0.25) is 4.79 Å². The highest BCUT2D eigenvalue weighted by Gasteiger charge is 2.21. The number of piperidine rings is 1. The number of amides is 1. The fourth-order valence-electron chi connectivity index (χ4n) is 2.65. The van der Waals surface area contributed by atoms with Gasteiger partial charge in [0.2, 0.25) is 5.91 Å². The third-order valence-electron chi connectivity index (χ3n) is 3.82. The van der Waals surface area contributed by atoms with Crippen molar-refractivity contribution >= 4 is 22.6 Å². The van der Waals surface area contributed by atoms with E-state index in [1.807, 2.05) is 29.2 Å². The molecule has 0 atom stereocenters. The van der Waals surface area contributed by atoms with Gasteiger partial charge in [0.05, 0.1) is 5.52 Å². The highest BCUT2D eigenvalue weighted by molar-refractivity contribution is 5.88. The number of para-hydroxylation sites is 1. The summed E-state index contributed by atoms with van der Waals surface area (Å²) in [7, 11) is 0. The van der Waals surface area contributed by atoms with Crippen LogP contribution in [-0.2, 0) is 4.79 Å². The van der Waals surface area contributed by atoms with Gasteiger partial charge in [-0.25, -0.2) is 9.97 Å². The average Bonchev–Trinajstić information content (AvgIpc) is 2.48. The van der Waals surface area contributed by atoms with E-state index in [4.69, 9.17) is 0 Å². The van der Waals surface area contributed by atoms with Crippen LogP contribution in [0.4, 0.5) is 5.82 Å². The third kappa shape index (κ3) is 2.57. The van der Waals surface area contributed by atoms with Crippen LogP contribution in [0, 0.1) is 0 Å². The third-order valence-corrected chi connectivity index (χ3v) is 3.82. The van der Waals surface area contributed by atoms with Gasteiger partial charge in [0.15, 0.2) is 0 Å². The lowest BCUT2D eigenvalue weighted by molar-refractivity contribution is -0.129. The molecule has 3 rings (SSSR count). The first kappa shape index (κ1) is 12.8. The Bertz CT molecular complexity index is 615. The normalized spacial score (nSPS) is 16.4. The van der Waals surface area contributed by atoms with Gasteiger partial charge in [0.1, 0.15) is 12.1 Å². The Labute approximate surface area is 118 Å². The van der Waals surface area contributed by atoms with Gasteiger partial charge in [-0.05, 0) is 25.0 Å². The van der Waals surface area contributed by atoms with Crippen molar-refractivity contribution in [1.82, 2.24) is 14.9 Å². The molecule has 5 nitrogen and oxygen atoms in total. The molecule has 0 spiro atoms. The van der Waals surface area contributed by atoms with Crippen LogP contribution in [-0.4, -0.2) is 39.9 Å². The molecule has 1 saturated heterocycles. The maximum Gasteiger partial charge on any atom is 0.219 e. The Kier molecular flexibility index (Phi) is 3.50. The molecule has 20 heavy (non-hydrogen) atoms. The van der Waals surface area contributed by atoms with Crippen molar-refractivity contribution in [3.8, 4) is 0 Å². The molecule has 0 unspecified atom stereocenters. The van der Waals surface area contributed by atoms with E-state index >= 15 is 0 Å². The molecule has 1 aromatic carbocycles. The van der Waals surface area contributed by atoms with Crippen LogP contribution < -0.4 is 5.32 Å². The number of rotatable bonds is 2. The van der Waals surface area contributed by atoms with E-state index < -0.39 is 0 Å². The first-order chi connectivity index (χ1) is 9.74. The number of aromatic nitrogens is 2. The predicted molar refractivity (Wildman–Crippen MR) is 78.4 cm³/mol. The van der Waals surface area contributed by atoms with E-state index in [0.29, 0.717) is 6.04 Å². The molecule has 1 aliphatic rings. The molecule has 0 aliphatic carbocycles. The van der Waals surface area contributed by atoms with E-state index in [2.05, 4.69) is 15.3 Å². The zero-order chi connectivity index (χ0) is 13.9. The zero-order valence-electron chi connectivity index (χ0n) is 11.5. The molecule has 1 amide bonds. The fraction of sp³-hybridized carbons (Fsp3) is 0.400. The van der Waals surface area contributed by atoms with Crippen molar-refractivity contribution in [3.05, 3.63) is 30.6 Å². The van der Waals surface area contributed by atoms with E-state index in [1.54, 1.807) is 13.3 Å². The fourth-order valence-corrected chi connectivity index (χ4v) is 2.65. The topological polar surface area (TPSA) is 58.1 Å². The highest BCUT2D eigenvalue weighted by Crippen LogP contribution is 2.21. The van der Waals surface area contributed by atoms with Crippen molar-refractivity contribution < 1.29 is 4.79 Å². The van der Waals surface area contributed by atoms with Crippen LogP contribution in [0.2, 0.25) is 0 Å². The van der Waals surface area contributed by atoms with E-state index in [1.165, 1.54) is 0 Å². The molecule has 104 valence electrons. The van der Waals surface area contributed by atoms with Crippen molar-refractivity contribution in [1.29, 1.82) is 0 Å². The lowest BCUT2D eigenvalue weighted by Crippen LogP contribution is -2.41. The molecule has 1 fully saturated rings. The number of carbonyl (C=O) groups is 1. The summed E-state index contributed by atoms with van der Waals surface area (Å²) in [5.41, 5.74) is 0.950. The minimum absolute atomic E-state index is 0.163. The highest BCUT2D eigenvalue weighted by atomic mass is 16.2. The lowest BCUT2D eigenvalue weighted by atomic mass is 10.0. The largest absolute Gasteiger partial charge is 0.367 e. The number of likely N-dealkylation sites (tertiary alicyclic amines) is 1. The molecule has 0 radical (unpaired) electrons. The molecule has 0 bridgehead atoms. The predicted octanol–water partition coefficient (Wildman–Crippen LogP) is 2.05. The van der Waals surface area contributed by atoms with E-state index in [9.17, 15) is 4.79 Å². The Morgan fingerprint density at radius 1 is 1.25 bits per heavy atom. The van der Waals surface area contributed by atoms with Gasteiger partial charge in [-0.2, -0.15) is 0 Å². The van der Waals surface area contributed by atoms with Gasteiger partial charge in [0, 0.05) is 31.4 Å². The molecule has 1 aliphatic heterocycles. The number of hydrogen-bond acceptors (Lipinski definition) is 4. The maximum atomic E-state index is 11.3. The molecule has 5 heteroatoms. The van der Waals surface area contributed by atoms with Crippen molar-refractivity contribution in [2.45, 2.75) is 25.8 Å². The van der Waals surface area contributed by atoms with Gasteiger partial charge in [0.25, 0.3) is 0 Å². The zero-order valence-corrected chi connectivity index (χ0v) is 11.5. The second-order valence-electron chi connectivity index (χ2n) is 5.16. The molecule has 1 N–H and O–H groups in total. The first-order valence-electron chi connectivity index (χ1n) is 6.96. The average molecular weight is 270 g/mol. The SMILES string of the molecule is CC(=O)N1CCC(Nc2ncnc3ccccc23)CC1. The number of anilines is 1. The Hall–Kier alpha value is -2.17.